The predicted molar refractivity (Wildman–Crippen MR) is 157 cm³/mol. The number of rotatable bonds is 27. The van der Waals surface area contributed by atoms with Crippen LogP contribution < -0.4 is 0 Å². The Balaban J connectivity index is 3.85. The van der Waals surface area contributed by atoms with Crippen LogP contribution in [0.1, 0.15) is 151 Å². The average molecular weight is 565 g/mol. The smallest absolute Gasteiger partial charge is 0.463 e. The Morgan fingerprint density at radius 3 is 1.63 bits per heavy atom. The van der Waals surface area contributed by atoms with Gasteiger partial charge in [0.2, 0.25) is 0 Å². The van der Waals surface area contributed by atoms with Crippen LogP contribution in [0.3, 0.4) is 0 Å². The second-order valence-electron chi connectivity index (χ2n) is 11.6. The Morgan fingerprint density at radius 2 is 1.18 bits per heavy atom. The van der Waals surface area contributed by atoms with Crippen LogP contribution >= 0.6 is 7.82 Å². The molecule has 1 unspecified atom stereocenters. The van der Waals surface area contributed by atoms with Gasteiger partial charge in [-0.25, -0.2) is 4.57 Å². The van der Waals surface area contributed by atoms with Crippen molar-refractivity contribution in [3.8, 4) is 0 Å². The zero-order valence-corrected chi connectivity index (χ0v) is 26.8. The maximum atomic E-state index is 13.1. The molecule has 0 bridgehead atoms. The summed E-state index contributed by atoms with van der Waals surface area (Å²) in [5.41, 5.74) is -0.862. The highest BCUT2D eigenvalue weighted by atomic mass is 31.2. The van der Waals surface area contributed by atoms with Crippen molar-refractivity contribution in [2.75, 3.05) is 19.8 Å². The van der Waals surface area contributed by atoms with Gasteiger partial charge in [0.15, 0.2) is 0 Å². The second-order valence-corrected chi connectivity index (χ2v) is 13.1. The minimum absolute atomic E-state index is 0.00923. The van der Waals surface area contributed by atoms with Crippen molar-refractivity contribution in [3.63, 3.8) is 0 Å². The molecule has 0 aliphatic carbocycles. The highest BCUT2D eigenvalue weighted by molar-refractivity contribution is 7.48. The van der Waals surface area contributed by atoms with Gasteiger partial charge in [0.25, 0.3) is 0 Å². The minimum Gasteiger partial charge on any atom is -0.463 e. The summed E-state index contributed by atoms with van der Waals surface area (Å²) < 4.78 is 40.5. The molecule has 0 N–H and O–H groups in total. The van der Waals surface area contributed by atoms with E-state index in [1.807, 2.05) is 13.8 Å². The number of unbranched alkanes of at least 4 members (excludes halogenated alkanes) is 14. The number of carbonyl (C=O) groups is 1. The molecule has 0 aromatic heterocycles. The first-order valence-electron chi connectivity index (χ1n) is 15.4. The Kier molecular flexibility index (Phi) is 23.0. The zero-order chi connectivity index (χ0) is 28.7. The Labute approximate surface area is 235 Å². The van der Waals surface area contributed by atoms with E-state index in [0.29, 0.717) is 6.42 Å². The lowest BCUT2D eigenvalue weighted by Gasteiger charge is -2.30. The standard InChI is InChI=1S/C30H61O7P/c1-8-9-10-11-12-13-14-15-16-17-18-19-20-21-22-23-29(31)33-24-25-35-38(32,36-28(4)5)37-30(6,7)26-34-27(2)3/h27-28H,8-26H2,1-7H3. The third kappa shape index (κ3) is 24.6. The molecule has 0 radical (unpaired) electrons. The number of hydrogen-bond acceptors (Lipinski definition) is 7. The van der Waals surface area contributed by atoms with Crippen LogP contribution in [0.4, 0.5) is 0 Å². The first-order valence-corrected chi connectivity index (χ1v) is 16.9. The molecule has 0 saturated carbocycles. The molecule has 0 amide bonds. The second kappa shape index (κ2) is 23.3. The largest absolute Gasteiger partial charge is 0.475 e. The monoisotopic (exact) mass is 564 g/mol. The first kappa shape index (κ1) is 37.5. The van der Waals surface area contributed by atoms with Crippen LogP contribution in [-0.2, 0) is 32.4 Å². The molecule has 0 aliphatic heterocycles. The van der Waals surface area contributed by atoms with Crippen molar-refractivity contribution in [2.24, 2.45) is 0 Å². The fourth-order valence-corrected chi connectivity index (χ4v) is 5.68. The lowest BCUT2D eigenvalue weighted by Crippen LogP contribution is -2.32. The summed E-state index contributed by atoms with van der Waals surface area (Å²) in [6, 6.07) is 0. The maximum absolute atomic E-state index is 13.1. The summed E-state index contributed by atoms with van der Waals surface area (Å²) in [6.45, 7) is 13.4. The fraction of sp³-hybridized carbons (Fsp3) is 0.967. The van der Waals surface area contributed by atoms with Crippen molar-refractivity contribution in [1.82, 2.24) is 0 Å². The Morgan fingerprint density at radius 1 is 0.711 bits per heavy atom. The van der Waals surface area contributed by atoms with E-state index < -0.39 is 13.4 Å². The summed E-state index contributed by atoms with van der Waals surface area (Å²) in [6.07, 6.45) is 19.4. The highest BCUT2D eigenvalue weighted by Gasteiger charge is 2.36. The number of phosphoric acid groups is 1. The summed E-state index contributed by atoms with van der Waals surface area (Å²) in [5, 5.41) is 0. The number of carbonyl (C=O) groups excluding carboxylic acids is 1. The van der Waals surface area contributed by atoms with Crippen LogP contribution in [0.25, 0.3) is 0 Å². The molecule has 0 rings (SSSR count). The molecule has 0 fully saturated rings. The minimum atomic E-state index is -3.84. The first-order chi connectivity index (χ1) is 18.0. The van der Waals surface area contributed by atoms with E-state index in [4.69, 9.17) is 23.0 Å². The van der Waals surface area contributed by atoms with Gasteiger partial charge in [0.1, 0.15) is 6.61 Å². The summed E-state index contributed by atoms with van der Waals surface area (Å²) in [7, 11) is -3.84. The van der Waals surface area contributed by atoms with E-state index in [9.17, 15) is 9.36 Å². The van der Waals surface area contributed by atoms with Crippen LogP contribution in [-0.4, -0.2) is 43.6 Å². The van der Waals surface area contributed by atoms with Gasteiger partial charge < -0.3 is 9.47 Å². The summed E-state index contributed by atoms with van der Waals surface area (Å²) in [5.74, 6) is -0.255. The van der Waals surface area contributed by atoms with E-state index in [-0.39, 0.29) is 38.0 Å². The molecule has 8 heteroatoms. The lowest BCUT2D eigenvalue weighted by atomic mass is 10.0. The molecule has 1 atom stereocenters. The average Bonchev–Trinajstić information content (AvgIpc) is 2.82. The highest BCUT2D eigenvalue weighted by Crippen LogP contribution is 2.53. The van der Waals surface area contributed by atoms with Gasteiger partial charge in [-0.1, -0.05) is 96.8 Å². The fourth-order valence-electron chi connectivity index (χ4n) is 4.05. The normalized spacial score (nSPS) is 13.8. The van der Waals surface area contributed by atoms with E-state index in [0.717, 1.165) is 19.3 Å². The molecule has 0 saturated heterocycles. The van der Waals surface area contributed by atoms with Crippen molar-refractivity contribution in [1.29, 1.82) is 0 Å². The quantitative estimate of drug-likeness (QED) is 0.0558. The molecule has 38 heavy (non-hydrogen) atoms. The van der Waals surface area contributed by atoms with Crippen molar-refractivity contribution < 1.29 is 32.4 Å². The van der Waals surface area contributed by atoms with Crippen LogP contribution in [0.5, 0.6) is 0 Å². The summed E-state index contributed by atoms with van der Waals surface area (Å²) in [4.78, 5) is 12.0. The van der Waals surface area contributed by atoms with Crippen molar-refractivity contribution >= 4 is 13.8 Å². The SMILES string of the molecule is CCCCCCCCCCCCCCCCCC(=O)OCCOP(=O)(OC(C)C)OC(C)(C)COC(C)C. The third-order valence-electron chi connectivity index (χ3n) is 6.04. The molecular formula is C30H61O7P. The van der Waals surface area contributed by atoms with E-state index in [2.05, 4.69) is 6.92 Å². The van der Waals surface area contributed by atoms with Crippen molar-refractivity contribution in [3.05, 3.63) is 0 Å². The molecule has 0 aromatic carbocycles. The molecule has 0 aliphatic rings. The van der Waals surface area contributed by atoms with Gasteiger partial charge in [-0.15, -0.1) is 0 Å². The van der Waals surface area contributed by atoms with E-state index in [1.165, 1.54) is 77.0 Å². The van der Waals surface area contributed by atoms with Crippen LogP contribution in [0.15, 0.2) is 0 Å². The topological polar surface area (TPSA) is 80.3 Å². The van der Waals surface area contributed by atoms with Gasteiger partial charge in [-0.3, -0.25) is 18.4 Å². The molecule has 0 aromatic rings. The molecule has 7 nitrogen and oxygen atoms in total. The van der Waals surface area contributed by atoms with Gasteiger partial charge in [0.05, 0.1) is 31.0 Å². The number of ether oxygens (including phenoxy) is 2. The Hall–Kier alpha value is -0.460. The molecule has 0 spiro atoms. The predicted octanol–water partition coefficient (Wildman–Crippen LogP) is 9.56. The van der Waals surface area contributed by atoms with Crippen LogP contribution in [0.2, 0.25) is 0 Å². The van der Waals surface area contributed by atoms with Gasteiger partial charge in [0, 0.05) is 6.42 Å². The Bertz CT molecular complexity index is 607. The van der Waals surface area contributed by atoms with Gasteiger partial charge in [-0.2, -0.15) is 0 Å². The molecular weight excluding hydrogens is 503 g/mol. The number of hydrogen-bond donors (Lipinski definition) is 0. The zero-order valence-electron chi connectivity index (χ0n) is 25.9. The molecule has 0 heterocycles. The van der Waals surface area contributed by atoms with Gasteiger partial charge in [-0.05, 0) is 48.0 Å². The number of phosphoric ester groups is 1. The maximum Gasteiger partial charge on any atom is 0.475 e. The lowest BCUT2D eigenvalue weighted by molar-refractivity contribution is -0.144. The van der Waals surface area contributed by atoms with E-state index >= 15 is 0 Å². The summed E-state index contributed by atoms with van der Waals surface area (Å²) >= 11 is 0. The van der Waals surface area contributed by atoms with Gasteiger partial charge >= 0.3 is 13.8 Å². The van der Waals surface area contributed by atoms with Crippen LogP contribution in [0, 0.1) is 0 Å². The number of esters is 1. The third-order valence-corrected chi connectivity index (χ3v) is 7.94. The van der Waals surface area contributed by atoms with E-state index in [1.54, 1.807) is 27.7 Å². The molecule has 228 valence electrons. The van der Waals surface area contributed by atoms with Crippen molar-refractivity contribution in [2.45, 2.75) is 169 Å².